The van der Waals surface area contributed by atoms with Crippen molar-refractivity contribution < 1.29 is 9.64 Å². The van der Waals surface area contributed by atoms with Crippen molar-refractivity contribution in [1.29, 1.82) is 0 Å². The number of para-hydroxylation sites is 2. The molecule has 6 nitrogen and oxygen atoms in total. The summed E-state index contributed by atoms with van der Waals surface area (Å²) in [6.45, 7) is 6.40. The van der Waals surface area contributed by atoms with Gasteiger partial charge in [0.05, 0.1) is 38.8 Å². The van der Waals surface area contributed by atoms with Crippen molar-refractivity contribution in [1.82, 2.24) is 14.5 Å². The minimum Gasteiger partial charge on any atom is -0.495 e. The van der Waals surface area contributed by atoms with Gasteiger partial charge in [0, 0.05) is 18.7 Å². The van der Waals surface area contributed by atoms with Crippen LogP contribution in [0.2, 0.25) is 0 Å². The highest BCUT2D eigenvalue weighted by Crippen LogP contribution is 2.33. The molecule has 0 aliphatic carbocycles. The molecule has 0 saturated heterocycles. The number of fused-ring (bicyclic) bond motifs is 1. The van der Waals surface area contributed by atoms with Crippen LogP contribution in [-0.4, -0.2) is 42.3 Å². The average Bonchev–Trinajstić information content (AvgIpc) is 2.87. The third kappa shape index (κ3) is 3.51. The van der Waals surface area contributed by atoms with E-state index in [1.807, 2.05) is 24.3 Å². The number of anilines is 2. The van der Waals surface area contributed by atoms with Gasteiger partial charge < -0.3 is 19.5 Å². The van der Waals surface area contributed by atoms with Crippen molar-refractivity contribution in [3.05, 3.63) is 41.9 Å². The van der Waals surface area contributed by atoms with Crippen molar-refractivity contribution in [3.8, 4) is 5.75 Å². The minimum atomic E-state index is 0.794. The molecule has 3 rings (SSSR count). The lowest BCUT2D eigenvalue weighted by Crippen LogP contribution is -3.05. The second-order valence-corrected chi connectivity index (χ2v) is 6.92. The van der Waals surface area contributed by atoms with Gasteiger partial charge in [0.2, 0.25) is 0 Å². The maximum Gasteiger partial charge on any atom is 0.145 e. The Morgan fingerprint density at radius 1 is 1.15 bits per heavy atom. The van der Waals surface area contributed by atoms with Crippen LogP contribution in [-0.2, 0) is 6.54 Å². The molecule has 0 radical (unpaired) electrons. The number of aryl methyl sites for hydroxylation is 2. The maximum absolute atomic E-state index is 5.45. The lowest BCUT2D eigenvalue weighted by atomic mass is 10.2. The Kier molecular flexibility index (Phi) is 5.42. The van der Waals surface area contributed by atoms with Gasteiger partial charge in [0.15, 0.2) is 0 Å². The molecule has 0 aliphatic rings. The van der Waals surface area contributed by atoms with Crippen LogP contribution >= 0.6 is 0 Å². The second kappa shape index (κ2) is 7.74. The Morgan fingerprint density at radius 3 is 2.65 bits per heavy atom. The highest BCUT2D eigenvalue weighted by atomic mass is 16.5. The lowest BCUT2D eigenvalue weighted by molar-refractivity contribution is -0.858. The van der Waals surface area contributed by atoms with Crippen LogP contribution in [0.25, 0.3) is 11.0 Å². The van der Waals surface area contributed by atoms with E-state index in [-0.39, 0.29) is 0 Å². The van der Waals surface area contributed by atoms with E-state index in [0.717, 1.165) is 47.8 Å². The Labute approximate surface area is 154 Å². The predicted octanol–water partition coefficient (Wildman–Crippen LogP) is 2.33. The number of nitrogens with one attached hydrogen (secondary N) is 2. The standard InChI is InChI=1S/C20H27N5O/c1-14-15(2)25(12-8-11-24(3)4)20-18(14)19(21-13-22-20)23-16-9-6-7-10-17(16)26-5/h6-7,9-10,13H,8,11-12H2,1-5H3,(H,21,22,23)/p+1. The predicted molar refractivity (Wildman–Crippen MR) is 106 cm³/mol. The molecule has 1 aromatic carbocycles. The SMILES string of the molecule is COc1ccccc1Nc1ncnc2c1c(C)c(C)n2CCC[NH+](C)C. The van der Waals surface area contributed by atoms with Crippen LogP contribution in [0, 0.1) is 13.8 Å². The molecule has 2 heterocycles. The van der Waals surface area contributed by atoms with Crippen LogP contribution in [0.4, 0.5) is 11.5 Å². The number of hydrogen-bond acceptors (Lipinski definition) is 4. The van der Waals surface area contributed by atoms with Gasteiger partial charge in [-0.15, -0.1) is 0 Å². The summed E-state index contributed by atoms with van der Waals surface area (Å²) in [5.41, 5.74) is 4.35. The van der Waals surface area contributed by atoms with Gasteiger partial charge in [0.1, 0.15) is 23.5 Å². The van der Waals surface area contributed by atoms with E-state index >= 15 is 0 Å². The fourth-order valence-corrected chi connectivity index (χ4v) is 3.30. The topological polar surface area (TPSA) is 56.4 Å². The number of nitrogens with zero attached hydrogens (tertiary/aromatic N) is 3. The summed E-state index contributed by atoms with van der Waals surface area (Å²) in [4.78, 5) is 10.5. The van der Waals surface area contributed by atoms with E-state index in [4.69, 9.17) is 4.74 Å². The quantitative estimate of drug-likeness (QED) is 0.684. The summed E-state index contributed by atoms with van der Waals surface area (Å²) >= 11 is 0. The Morgan fingerprint density at radius 2 is 1.92 bits per heavy atom. The summed E-state index contributed by atoms with van der Waals surface area (Å²) in [5, 5.41) is 4.51. The molecule has 0 bridgehead atoms. The molecular formula is C20H28N5O+. The number of hydrogen-bond donors (Lipinski definition) is 2. The van der Waals surface area contributed by atoms with E-state index in [1.54, 1.807) is 13.4 Å². The number of ether oxygens (including phenoxy) is 1. The average molecular weight is 354 g/mol. The zero-order chi connectivity index (χ0) is 18.7. The number of rotatable bonds is 7. The molecule has 0 amide bonds. The summed E-state index contributed by atoms with van der Waals surface area (Å²) in [5.74, 6) is 1.61. The van der Waals surface area contributed by atoms with Crippen LogP contribution in [0.5, 0.6) is 5.75 Å². The van der Waals surface area contributed by atoms with Crippen LogP contribution in [0.15, 0.2) is 30.6 Å². The first-order chi connectivity index (χ1) is 12.5. The highest BCUT2D eigenvalue weighted by Gasteiger charge is 2.17. The molecule has 0 aliphatic heterocycles. The first-order valence-corrected chi connectivity index (χ1v) is 9.02. The minimum absolute atomic E-state index is 0.794. The van der Waals surface area contributed by atoms with E-state index in [1.165, 1.54) is 16.2 Å². The summed E-state index contributed by atoms with van der Waals surface area (Å²) < 4.78 is 7.76. The Hall–Kier alpha value is -2.60. The molecule has 0 atom stereocenters. The molecule has 3 aromatic rings. The highest BCUT2D eigenvalue weighted by molar-refractivity contribution is 5.93. The zero-order valence-electron chi connectivity index (χ0n) is 16.3. The molecule has 2 N–H and O–H groups in total. The van der Waals surface area contributed by atoms with E-state index in [9.17, 15) is 0 Å². The van der Waals surface area contributed by atoms with Gasteiger partial charge in [-0.3, -0.25) is 0 Å². The summed E-state index contributed by atoms with van der Waals surface area (Å²) in [6.07, 6.45) is 2.75. The molecule has 26 heavy (non-hydrogen) atoms. The molecule has 2 aromatic heterocycles. The van der Waals surface area contributed by atoms with Crippen molar-refractivity contribution in [3.63, 3.8) is 0 Å². The normalized spacial score (nSPS) is 11.3. The lowest BCUT2D eigenvalue weighted by Gasteiger charge is -2.12. The fourth-order valence-electron chi connectivity index (χ4n) is 3.30. The molecular weight excluding hydrogens is 326 g/mol. The number of aromatic nitrogens is 3. The van der Waals surface area contributed by atoms with E-state index in [0.29, 0.717) is 0 Å². The summed E-state index contributed by atoms with van der Waals surface area (Å²) in [7, 11) is 6.04. The van der Waals surface area contributed by atoms with Gasteiger partial charge in [-0.05, 0) is 31.5 Å². The smallest absolute Gasteiger partial charge is 0.145 e. The molecule has 0 spiro atoms. The van der Waals surface area contributed by atoms with Gasteiger partial charge >= 0.3 is 0 Å². The Bertz CT molecular complexity index is 901. The second-order valence-electron chi connectivity index (χ2n) is 6.92. The van der Waals surface area contributed by atoms with Crippen molar-refractivity contribution in [2.24, 2.45) is 0 Å². The van der Waals surface area contributed by atoms with Gasteiger partial charge in [-0.2, -0.15) is 0 Å². The molecule has 138 valence electrons. The third-order valence-corrected chi connectivity index (χ3v) is 4.82. The number of quaternary nitrogens is 1. The largest absolute Gasteiger partial charge is 0.495 e. The van der Waals surface area contributed by atoms with Crippen LogP contribution < -0.4 is 15.0 Å². The van der Waals surface area contributed by atoms with E-state index in [2.05, 4.69) is 47.8 Å². The Balaban J connectivity index is 2.00. The van der Waals surface area contributed by atoms with Gasteiger partial charge in [0.25, 0.3) is 0 Å². The maximum atomic E-state index is 5.45. The van der Waals surface area contributed by atoms with Gasteiger partial charge in [-0.1, -0.05) is 12.1 Å². The number of methoxy groups -OCH3 is 1. The van der Waals surface area contributed by atoms with Crippen molar-refractivity contribution in [2.75, 3.05) is 33.1 Å². The molecule has 0 unspecified atom stereocenters. The van der Waals surface area contributed by atoms with E-state index < -0.39 is 0 Å². The summed E-state index contributed by atoms with van der Waals surface area (Å²) in [6, 6.07) is 7.87. The van der Waals surface area contributed by atoms with Crippen molar-refractivity contribution in [2.45, 2.75) is 26.8 Å². The van der Waals surface area contributed by atoms with Crippen molar-refractivity contribution >= 4 is 22.5 Å². The first-order valence-electron chi connectivity index (χ1n) is 9.02. The molecule has 0 fully saturated rings. The number of benzene rings is 1. The van der Waals surface area contributed by atoms with Gasteiger partial charge in [-0.25, -0.2) is 9.97 Å². The fraction of sp³-hybridized carbons (Fsp3) is 0.400. The van der Waals surface area contributed by atoms with Crippen LogP contribution in [0.3, 0.4) is 0 Å². The monoisotopic (exact) mass is 354 g/mol. The van der Waals surface area contributed by atoms with Crippen LogP contribution in [0.1, 0.15) is 17.7 Å². The zero-order valence-corrected chi connectivity index (χ0v) is 16.3. The third-order valence-electron chi connectivity index (χ3n) is 4.82. The first kappa shape index (κ1) is 18.2. The molecule has 6 heteroatoms. The molecule has 0 saturated carbocycles.